The highest BCUT2D eigenvalue weighted by Crippen LogP contribution is 2.30. The molecule has 46 heavy (non-hydrogen) atoms. The molecule has 0 atom stereocenters. The van der Waals surface area contributed by atoms with Crippen LogP contribution in [0.1, 0.15) is 36.8 Å². The molecule has 3 aromatic heterocycles. The Morgan fingerprint density at radius 2 is 1.76 bits per heavy atom. The number of urea groups is 1. The summed E-state index contributed by atoms with van der Waals surface area (Å²) in [6.45, 7) is 0.984. The SMILES string of the molecule is Cn1cc(-c2ccc(N(C(=O)NCc3ccccc3)C3CCC(Nc4ncc(C#N)c(N5CCS(=O)(=O)CC5)n4)CC3)nc2)cn1. The zero-order valence-electron chi connectivity index (χ0n) is 25.6. The van der Waals surface area contributed by atoms with Gasteiger partial charge in [0.1, 0.15) is 17.5 Å². The van der Waals surface area contributed by atoms with E-state index in [4.69, 9.17) is 4.98 Å². The fourth-order valence-corrected chi connectivity index (χ4v) is 7.13. The smallest absolute Gasteiger partial charge is 0.323 e. The standard InChI is InChI=1S/C32H36N10O3S/c1-40-22-26(21-37-40)24-7-12-29(34-19-24)42(32(43)36-18-23-5-3-2-4-6-23)28-10-8-27(9-11-28)38-31-35-20-25(17-33)30(39-31)41-13-15-46(44,45)16-14-41/h2-7,12,19-22,27-28H,8-11,13-16,18H2,1H3,(H,36,43)(H,35,38,39). The summed E-state index contributed by atoms with van der Waals surface area (Å²) in [5.41, 5.74) is 3.19. The van der Waals surface area contributed by atoms with Crippen LogP contribution in [0.2, 0.25) is 0 Å². The lowest BCUT2D eigenvalue weighted by atomic mass is 9.90. The number of nitrogens with one attached hydrogen (secondary N) is 2. The van der Waals surface area contributed by atoms with E-state index in [-0.39, 0.29) is 42.7 Å². The minimum absolute atomic E-state index is 0.0329. The first-order valence-electron chi connectivity index (χ1n) is 15.3. The molecule has 1 saturated carbocycles. The van der Waals surface area contributed by atoms with Gasteiger partial charge in [-0.15, -0.1) is 0 Å². The van der Waals surface area contributed by atoms with Gasteiger partial charge in [-0.1, -0.05) is 30.3 Å². The zero-order chi connectivity index (χ0) is 32.1. The van der Waals surface area contributed by atoms with Crippen molar-refractivity contribution in [3.8, 4) is 17.2 Å². The van der Waals surface area contributed by atoms with Crippen molar-refractivity contribution < 1.29 is 13.2 Å². The van der Waals surface area contributed by atoms with Crippen LogP contribution in [0.3, 0.4) is 0 Å². The number of aryl methyl sites for hydroxylation is 1. The molecule has 238 valence electrons. The van der Waals surface area contributed by atoms with E-state index in [2.05, 4.69) is 31.8 Å². The molecule has 2 amide bonds. The lowest BCUT2D eigenvalue weighted by Crippen LogP contribution is -2.49. The maximum Gasteiger partial charge on any atom is 0.323 e. The van der Waals surface area contributed by atoms with Crippen LogP contribution in [0.4, 0.5) is 22.4 Å². The first-order chi connectivity index (χ1) is 22.3. The normalized spacial score (nSPS) is 19.2. The van der Waals surface area contributed by atoms with Crippen LogP contribution >= 0.6 is 0 Å². The van der Waals surface area contributed by atoms with Crippen molar-refractivity contribution in [3.63, 3.8) is 0 Å². The second-order valence-corrected chi connectivity index (χ2v) is 14.0. The Kier molecular flexibility index (Phi) is 9.11. The van der Waals surface area contributed by atoms with Gasteiger partial charge in [-0.3, -0.25) is 9.58 Å². The molecule has 14 heteroatoms. The molecule has 2 aliphatic rings. The molecule has 1 aromatic carbocycles. The van der Waals surface area contributed by atoms with Crippen LogP contribution in [-0.2, 0) is 23.4 Å². The lowest BCUT2D eigenvalue weighted by molar-refractivity contribution is 0.240. The van der Waals surface area contributed by atoms with Crippen molar-refractivity contribution in [2.75, 3.05) is 39.7 Å². The maximum atomic E-state index is 13.7. The van der Waals surface area contributed by atoms with Crippen LogP contribution < -0.4 is 20.4 Å². The van der Waals surface area contributed by atoms with Crippen LogP contribution in [0.25, 0.3) is 11.1 Å². The van der Waals surface area contributed by atoms with Crippen LogP contribution in [0.5, 0.6) is 0 Å². The molecular formula is C32H36N10O3S. The molecule has 0 radical (unpaired) electrons. The molecule has 13 nitrogen and oxygen atoms in total. The number of aromatic nitrogens is 5. The van der Waals surface area contributed by atoms with Gasteiger partial charge in [-0.05, 0) is 43.4 Å². The monoisotopic (exact) mass is 640 g/mol. The predicted molar refractivity (Wildman–Crippen MR) is 175 cm³/mol. The van der Waals surface area contributed by atoms with Gasteiger partial charge in [-0.2, -0.15) is 15.3 Å². The van der Waals surface area contributed by atoms with Gasteiger partial charge in [0, 0.05) is 62.3 Å². The summed E-state index contributed by atoms with van der Waals surface area (Å²) in [5, 5.41) is 20.4. The number of hydrogen-bond donors (Lipinski definition) is 2. The third-order valence-electron chi connectivity index (χ3n) is 8.47. The van der Waals surface area contributed by atoms with Crippen LogP contribution in [0.15, 0.2) is 67.3 Å². The topological polar surface area (TPSA) is 162 Å². The van der Waals surface area contributed by atoms with Crippen LogP contribution in [-0.4, -0.2) is 75.9 Å². The van der Waals surface area contributed by atoms with E-state index in [1.807, 2.05) is 60.6 Å². The van der Waals surface area contributed by atoms with Gasteiger partial charge in [0.05, 0.1) is 23.9 Å². The molecule has 4 heterocycles. The second-order valence-electron chi connectivity index (χ2n) is 11.7. The van der Waals surface area contributed by atoms with Gasteiger partial charge < -0.3 is 15.5 Å². The van der Waals surface area contributed by atoms with Crippen molar-refractivity contribution in [1.29, 1.82) is 5.26 Å². The number of nitriles is 1. The van der Waals surface area contributed by atoms with Crippen molar-refractivity contribution in [3.05, 3.63) is 78.4 Å². The average molecular weight is 641 g/mol. The average Bonchev–Trinajstić information content (AvgIpc) is 3.51. The number of nitrogens with zero attached hydrogens (tertiary/aromatic N) is 8. The van der Waals surface area contributed by atoms with Crippen molar-refractivity contribution in [2.24, 2.45) is 7.05 Å². The van der Waals surface area contributed by atoms with Gasteiger partial charge in [0.15, 0.2) is 15.7 Å². The van der Waals surface area contributed by atoms with Gasteiger partial charge >= 0.3 is 6.03 Å². The highest BCUT2D eigenvalue weighted by atomic mass is 32.2. The summed E-state index contributed by atoms with van der Waals surface area (Å²) in [4.78, 5) is 31.0. The number of carbonyl (C=O) groups is 1. The van der Waals surface area contributed by atoms with Gasteiger partial charge in [0.25, 0.3) is 0 Å². The zero-order valence-corrected chi connectivity index (χ0v) is 26.4. The Balaban J connectivity index is 1.15. The number of benzene rings is 1. The molecular weight excluding hydrogens is 604 g/mol. The molecule has 0 unspecified atom stereocenters. The van der Waals surface area contributed by atoms with E-state index in [0.717, 1.165) is 42.4 Å². The summed E-state index contributed by atoms with van der Waals surface area (Å²) in [6, 6.07) is 15.6. The quantitative estimate of drug-likeness (QED) is 0.291. The van der Waals surface area contributed by atoms with Gasteiger partial charge in [-0.25, -0.2) is 23.2 Å². The van der Waals surface area contributed by atoms with E-state index in [1.54, 1.807) is 22.0 Å². The highest BCUT2D eigenvalue weighted by molar-refractivity contribution is 7.91. The largest absolute Gasteiger partial charge is 0.353 e. The fourth-order valence-electron chi connectivity index (χ4n) is 5.93. The minimum atomic E-state index is -3.07. The predicted octanol–water partition coefficient (Wildman–Crippen LogP) is 3.52. The molecule has 1 aliphatic carbocycles. The Bertz CT molecular complexity index is 1800. The minimum Gasteiger partial charge on any atom is -0.353 e. The van der Waals surface area contributed by atoms with E-state index in [1.165, 1.54) is 6.20 Å². The Hall–Kier alpha value is -5.03. The molecule has 2 fully saturated rings. The van der Waals surface area contributed by atoms with E-state index >= 15 is 0 Å². The van der Waals surface area contributed by atoms with E-state index in [9.17, 15) is 18.5 Å². The fraction of sp³-hybridized carbons (Fsp3) is 0.375. The molecule has 4 aromatic rings. The second kappa shape index (κ2) is 13.5. The Labute approximate surface area is 268 Å². The molecule has 1 aliphatic heterocycles. The summed E-state index contributed by atoms with van der Waals surface area (Å²) >= 11 is 0. The Morgan fingerprint density at radius 3 is 2.41 bits per heavy atom. The summed E-state index contributed by atoms with van der Waals surface area (Å²) in [7, 11) is -1.20. The van der Waals surface area contributed by atoms with E-state index in [0.29, 0.717) is 29.7 Å². The first kappa shape index (κ1) is 31.0. The summed E-state index contributed by atoms with van der Waals surface area (Å²) in [6.07, 6.45) is 9.96. The number of amides is 2. The number of hydrogen-bond acceptors (Lipinski definition) is 10. The molecule has 2 N–H and O–H groups in total. The molecule has 0 bridgehead atoms. The van der Waals surface area contributed by atoms with E-state index < -0.39 is 9.84 Å². The number of pyridine rings is 1. The molecule has 6 rings (SSSR count). The lowest BCUT2D eigenvalue weighted by Gasteiger charge is -2.36. The summed E-state index contributed by atoms with van der Waals surface area (Å²) in [5.74, 6) is 1.50. The van der Waals surface area contributed by atoms with Gasteiger partial charge in [0.2, 0.25) is 5.95 Å². The Morgan fingerprint density at radius 1 is 1.00 bits per heavy atom. The molecule has 1 saturated heterocycles. The first-order valence-corrected chi connectivity index (χ1v) is 17.2. The van der Waals surface area contributed by atoms with Crippen LogP contribution in [0, 0.1) is 11.3 Å². The number of carbonyl (C=O) groups excluding carboxylic acids is 1. The maximum absolute atomic E-state index is 13.7. The number of sulfone groups is 1. The van der Waals surface area contributed by atoms with Crippen molar-refractivity contribution in [1.82, 2.24) is 30.0 Å². The van der Waals surface area contributed by atoms with Crippen molar-refractivity contribution >= 4 is 33.5 Å². The number of anilines is 3. The third kappa shape index (κ3) is 7.26. The number of rotatable bonds is 8. The van der Waals surface area contributed by atoms with Crippen molar-refractivity contribution in [2.45, 2.75) is 44.3 Å². The highest BCUT2D eigenvalue weighted by Gasteiger charge is 2.32. The molecule has 0 spiro atoms. The third-order valence-corrected chi connectivity index (χ3v) is 10.1. The summed E-state index contributed by atoms with van der Waals surface area (Å²) < 4.78 is 25.6.